The third kappa shape index (κ3) is 10.3. The van der Waals surface area contributed by atoms with Gasteiger partial charge in [0.15, 0.2) is 0 Å². The highest BCUT2D eigenvalue weighted by atomic mass is 16.2. The maximum absolute atomic E-state index is 11.4. The molecule has 0 aliphatic heterocycles. The number of aliphatic hydroxyl groups is 1. The van der Waals surface area contributed by atoms with E-state index in [0.717, 1.165) is 13.5 Å². The van der Waals surface area contributed by atoms with E-state index in [9.17, 15) is 4.79 Å². The van der Waals surface area contributed by atoms with Crippen LogP contribution in [0, 0.1) is 10.8 Å². The second kappa shape index (κ2) is 8.51. The molecule has 0 spiro atoms. The minimum Gasteiger partial charge on any atom is -0.400 e. The van der Waals surface area contributed by atoms with Gasteiger partial charge in [0.25, 0.3) is 0 Å². The van der Waals surface area contributed by atoms with Crippen LogP contribution in [-0.2, 0) is 4.79 Å². The van der Waals surface area contributed by atoms with Crippen molar-refractivity contribution in [2.75, 3.05) is 14.2 Å². The molecule has 0 rings (SSSR count). The van der Waals surface area contributed by atoms with Crippen molar-refractivity contribution in [1.82, 2.24) is 5.32 Å². The third-order valence-corrected chi connectivity index (χ3v) is 2.80. The maximum atomic E-state index is 11.4. The van der Waals surface area contributed by atoms with Crippen molar-refractivity contribution < 1.29 is 9.90 Å². The lowest BCUT2D eigenvalue weighted by Crippen LogP contribution is -2.29. The number of carbonyl (C=O) groups excluding carboxylic acids is 1. The minimum absolute atomic E-state index is 0.0960. The molecule has 0 aromatic carbocycles. The summed E-state index contributed by atoms with van der Waals surface area (Å²) in [6.07, 6.45) is 4.16. The Morgan fingerprint density at radius 2 is 1.59 bits per heavy atom. The fourth-order valence-corrected chi connectivity index (χ4v) is 2.65. The first-order chi connectivity index (χ1) is 7.72. The molecule has 2 N–H and O–H groups in total. The minimum atomic E-state index is 0.0960. The van der Waals surface area contributed by atoms with E-state index in [2.05, 4.69) is 39.9 Å². The van der Waals surface area contributed by atoms with Crippen LogP contribution in [0.4, 0.5) is 0 Å². The Bertz CT molecular complexity index is 210. The molecule has 0 radical (unpaired) electrons. The highest BCUT2D eigenvalue weighted by Crippen LogP contribution is 2.38. The van der Waals surface area contributed by atoms with Gasteiger partial charge in [-0.2, -0.15) is 0 Å². The van der Waals surface area contributed by atoms with Crippen LogP contribution in [0.2, 0.25) is 0 Å². The van der Waals surface area contributed by atoms with E-state index in [1.54, 1.807) is 7.05 Å². The number of nitrogens with one attached hydrogen (secondary N) is 1. The summed E-state index contributed by atoms with van der Waals surface area (Å²) in [4.78, 5) is 11.4. The first-order valence-electron chi connectivity index (χ1n) is 6.38. The molecule has 0 aromatic rings. The SMILES string of the molecule is CCCC(C)(C)CC(C)(C)CC(=O)NC.CO. The van der Waals surface area contributed by atoms with Crippen molar-refractivity contribution in [2.24, 2.45) is 10.8 Å². The quantitative estimate of drug-likeness (QED) is 0.756. The first-order valence-corrected chi connectivity index (χ1v) is 6.38. The van der Waals surface area contributed by atoms with Gasteiger partial charge in [0.05, 0.1) is 0 Å². The second-order valence-electron chi connectivity index (χ2n) is 6.11. The smallest absolute Gasteiger partial charge is 0.220 e. The number of hydrogen-bond acceptors (Lipinski definition) is 2. The predicted octanol–water partition coefficient (Wildman–Crippen LogP) is 2.97. The van der Waals surface area contributed by atoms with E-state index in [0.29, 0.717) is 11.8 Å². The average Bonchev–Trinajstić information content (AvgIpc) is 2.17. The summed E-state index contributed by atoms with van der Waals surface area (Å²) in [7, 11) is 2.70. The zero-order chi connectivity index (χ0) is 14.1. The summed E-state index contributed by atoms with van der Waals surface area (Å²) in [5.41, 5.74) is 0.436. The molecule has 0 atom stereocenters. The molecule has 3 heteroatoms. The van der Waals surface area contributed by atoms with Crippen LogP contribution in [0.25, 0.3) is 0 Å². The van der Waals surface area contributed by atoms with Crippen LogP contribution in [0.1, 0.15) is 60.3 Å². The normalized spacial score (nSPS) is 11.5. The molecular formula is C14H31NO2. The second-order valence-corrected chi connectivity index (χ2v) is 6.11. The van der Waals surface area contributed by atoms with Crippen LogP contribution in [-0.4, -0.2) is 25.2 Å². The van der Waals surface area contributed by atoms with Crippen molar-refractivity contribution >= 4 is 5.91 Å². The standard InChI is InChI=1S/C13H27NO.CH4O/c1-7-8-12(2,3)10-13(4,5)9-11(15)14-6;1-2/h7-10H2,1-6H3,(H,14,15);2H,1H3. The van der Waals surface area contributed by atoms with E-state index < -0.39 is 0 Å². The van der Waals surface area contributed by atoms with Crippen molar-refractivity contribution in [1.29, 1.82) is 0 Å². The zero-order valence-corrected chi connectivity index (χ0v) is 12.7. The van der Waals surface area contributed by atoms with Crippen molar-refractivity contribution in [3.63, 3.8) is 0 Å². The molecular weight excluding hydrogens is 214 g/mol. The van der Waals surface area contributed by atoms with Crippen molar-refractivity contribution in [2.45, 2.75) is 60.3 Å². The van der Waals surface area contributed by atoms with Gasteiger partial charge >= 0.3 is 0 Å². The Kier molecular flexibility index (Phi) is 9.40. The molecule has 3 nitrogen and oxygen atoms in total. The number of amides is 1. The van der Waals surface area contributed by atoms with E-state index >= 15 is 0 Å². The molecule has 0 unspecified atom stereocenters. The van der Waals surface area contributed by atoms with Crippen LogP contribution in [0.5, 0.6) is 0 Å². The Morgan fingerprint density at radius 1 is 1.12 bits per heavy atom. The van der Waals surface area contributed by atoms with Crippen molar-refractivity contribution in [3.05, 3.63) is 0 Å². The Labute approximate surface area is 107 Å². The molecule has 0 saturated carbocycles. The lowest BCUT2D eigenvalue weighted by molar-refractivity contribution is -0.122. The number of rotatable bonds is 6. The summed E-state index contributed by atoms with van der Waals surface area (Å²) >= 11 is 0. The molecule has 0 aliphatic rings. The van der Waals surface area contributed by atoms with E-state index in [1.807, 2.05) is 0 Å². The molecule has 0 heterocycles. The Balaban J connectivity index is 0. The highest BCUT2D eigenvalue weighted by molar-refractivity contribution is 5.76. The molecule has 0 fully saturated rings. The highest BCUT2D eigenvalue weighted by Gasteiger charge is 2.29. The average molecular weight is 245 g/mol. The van der Waals surface area contributed by atoms with Gasteiger partial charge in [-0.25, -0.2) is 0 Å². The van der Waals surface area contributed by atoms with Crippen LogP contribution in [0.3, 0.4) is 0 Å². The molecule has 17 heavy (non-hydrogen) atoms. The number of aliphatic hydroxyl groups excluding tert-OH is 1. The Morgan fingerprint density at radius 3 is 1.94 bits per heavy atom. The van der Waals surface area contributed by atoms with Crippen LogP contribution >= 0.6 is 0 Å². The Hall–Kier alpha value is -0.570. The summed E-state index contributed by atoms with van der Waals surface area (Å²) in [6.45, 7) is 11.2. The number of hydrogen-bond donors (Lipinski definition) is 2. The zero-order valence-electron chi connectivity index (χ0n) is 12.7. The fraction of sp³-hybridized carbons (Fsp3) is 0.929. The molecule has 104 valence electrons. The van der Waals surface area contributed by atoms with Crippen molar-refractivity contribution in [3.8, 4) is 0 Å². The monoisotopic (exact) mass is 245 g/mol. The molecule has 0 saturated heterocycles. The molecule has 0 aliphatic carbocycles. The summed E-state index contributed by atoms with van der Waals surface area (Å²) in [5, 5.41) is 9.70. The van der Waals surface area contributed by atoms with Gasteiger partial charge in [-0.05, 0) is 23.7 Å². The summed E-state index contributed by atoms with van der Waals surface area (Å²) in [6, 6.07) is 0. The first kappa shape index (κ1) is 18.8. The lowest BCUT2D eigenvalue weighted by Gasteiger charge is -2.34. The lowest BCUT2D eigenvalue weighted by atomic mass is 9.71. The van der Waals surface area contributed by atoms with Crippen LogP contribution in [0.15, 0.2) is 0 Å². The largest absolute Gasteiger partial charge is 0.400 e. The van der Waals surface area contributed by atoms with Crippen LogP contribution < -0.4 is 5.32 Å². The molecule has 1 amide bonds. The van der Waals surface area contributed by atoms with E-state index in [4.69, 9.17) is 5.11 Å². The van der Waals surface area contributed by atoms with Gasteiger partial charge in [0.2, 0.25) is 5.91 Å². The maximum Gasteiger partial charge on any atom is 0.220 e. The van der Waals surface area contributed by atoms with Gasteiger partial charge in [0, 0.05) is 20.6 Å². The van der Waals surface area contributed by atoms with Gasteiger partial charge in [-0.3, -0.25) is 4.79 Å². The van der Waals surface area contributed by atoms with Gasteiger partial charge in [-0.1, -0.05) is 41.0 Å². The third-order valence-electron chi connectivity index (χ3n) is 2.80. The van der Waals surface area contributed by atoms with E-state index in [1.165, 1.54) is 12.8 Å². The van der Waals surface area contributed by atoms with Gasteiger partial charge in [-0.15, -0.1) is 0 Å². The van der Waals surface area contributed by atoms with E-state index in [-0.39, 0.29) is 11.3 Å². The summed E-state index contributed by atoms with van der Waals surface area (Å²) in [5.74, 6) is 0.146. The fourth-order valence-electron chi connectivity index (χ4n) is 2.65. The number of carbonyl (C=O) groups is 1. The van der Waals surface area contributed by atoms with Gasteiger partial charge < -0.3 is 10.4 Å². The molecule has 0 aromatic heterocycles. The topological polar surface area (TPSA) is 49.3 Å². The molecule has 0 bridgehead atoms. The predicted molar refractivity (Wildman–Crippen MR) is 73.9 cm³/mol. The summed E-state index contributed by atoms with van der Waals surface area (Å²) < 4.78 is 0. The van der Waals surface area contributed by atoms with Gasteiger partial charge in [0.1, 0.15) is 0 Å².